The maximum absolute atomic E-state index is 11.5. The van der Waals surface area contributed by atoms with Crippen molar-refractivity contribution in [3.05, 3.63) is 94.0 Å². The van der Waals surface area contributed by atoms with Crippen LogP contribution in [0, 0.1) is 13.8 Å². The number of aromatic hydroxyl groups is 1. The molecule has 0 saturated carbocycles. The standard InChI is InChI=1S/C44H56O4/c1-9-11-13-15-32-25-38(45)42(35-23-30(5)17-19-34(35)29(3)4)39(26-32)46-21-22-47-40-27-33(16-14-12-10-2)28-41-43(40)36-24-31(6)18-20-37(36)44(7,8)48-41/h17-20,23-29,45H,9-16,21-22H2,1-8H3. The van der Waals surface area contributed by atoms with E-state index in [9.17, 15) is 5.11 Å². The smallest absolute Gasteiger partial charge is 0.132 e. The van der Waals surface area contributed by atoms with Crippen LogP contribution in [0.15, 0.2) is 60.7 Å². The molecule has 0 spiro atoms. The molecule has 1 N–H and O–H groups in total. The Balaban J connectivity index is 1.47. The van der Waals surface area contributed by atoms with Gasteiger partial charge in [0.25, 0.3) is 0 Å². The number of unbranched alkanes of at least 4 members (excludes halogenated alkanes) is 4. The number of hydrogen-bond donors (Lipinski definition) is 1. The van der Waals surface area contributed by atoms with E-state index in [0.29, 0.717) is 24.9 Å². The van der Waals surface area contributed by atoms with E-state index in [0.717, 1.165) is 77.8 Å². The summed E-state index contributed by atoms with van der Waals surface area (Å²) in [5.74, 6) is 3.00. The van der Waals surface area contributed by atoms with Crippen molar-refractivity contribution < 1.29 is 19.3 Å². The minimum Gasteiger partial charge on any atom is -0.507 e. The summed E-state index contributed by atoms with van der Waals surface area (Å²) in [7, 11) is 0. The van der Waals surface area contributed by atoms with E-state index < -0.39 is 5.60 Å². The summed E-state index contributed by atoms with van der Waals surface area (Å²) in [6, 6.07) is 21.6. The van der Waals surface area contributed by atoms with Crippen LogP contribution in [-0.2, 0) is 18.4 Å². The molecule has 5 rings (SSSR count). The third-order valence-corrected chi connectivity index (χ3v) is 9.56. The van der Waals surface area contributed by atoms with E-state index in [1.165, 1.54) is 40.7 Å². The van der Waals surface area contributed by atoms with E-state index in [1.807, 2.05) is 6.07 Å². The lowest BCUT2D eigenvalue weighted by Crippen LogP contribution is -2.29. The summed E-state index contributed by atoms with van der Waals surface area (Å²) in [5, 5.41) is 11.5. The van der Waals surface area contributed by atoms with Crippen LogP contribution in [0.3, 0.4) is 0 Å². The molecule has 1 aliphatic heterocycles. The van der Waals surface area contributed by atoms with Crippen molar-refractivity contribution in [1.29, 1.82) is 0 Å². The van der Waals surface area contributed by atoms with Gasteiger partial charge in [-0.3, -0.25) is 0 Å². The number of aryl methyl sites for hydroxylation is 4. The lowest BCUT2D eigenvalue weighted by atomic mass is 9.84. The highest BCUT2D eigenvalue weighted by Gasteiger charge is 2.34. The molecule has 256 valence electrons. The van der Waals surface area contributed by atoms with Crippen LogP contribution in [0.1, 0.15) is 119 Å². The van der Waals surface area contributed by atoms with Crippen LogP contribution in [-0.4, -0.2) is 18.3 Å². The van der Waals surface area contributed by atoms with Gasteiger partial charge in [-0.2, -0.15) is 0 Å². The zero-order valence-corrected chi connectivity index (χ0v) is 30.6. The summed E-state index contributed by atoms with van der Waals surface area (Å²) in [6.07, 6.45) is 8.80. The van der Waals surface area contributed by atoms with Crippen LogP contribution >= 0.6 is 0 Å². The monoisotopic (exact) mass is 648 g/mol. The highest BCUT2D eigenvalue weighted by Crippen LogP contribution is 2.50. The number of phenolic OH excluding ortho intramolecular Hbond substituents is 1. The highest BCUT2D eigenvalue weighted by atomic mass is 16.5. The zero-order valence-electron chi connectivity index (χ0n) is 30.6. The van der Waals surface area contributed by atoms with Gasteiger partial charge < -0.3 is 19.3 Å². The molecule has 4 aromatic rings. The van der Waals surface area contributed by atoms with Gasteiger partial charge in [0, 0.05) is 5.56 Å². The molecular weight excluding hydrogens is 592 g/mol. The van der Waals surface area contributed by atoms with Crippen molar-refractivity contribution in [2.24, 2.45) is 0 Å². The molecule has 0 fully saturated rings. The Morgan fingerprint density at radius 1 is 0.688 bits per heavy atom. The molecule has 0 aromatic heterocycles. The second kappa shape index (κ2) is 15.5. The molecular formula is C44H56O4. The fourth-order valence-corrected chi connectivity index (χ4v) is 7.00. The number of ether oxygens (including phenoxy) is 3. The Kier molecular flexibility index (Phi) is 11.5. The van der Waals surface area contributed by atoms with Gasteiger partial charge in [-0.25, -0.2) is 0 Å². The van der Waals surface area contributed by atoms with Crippen molar-refractivity contribution in [2.75, 3.05) is 13.2 Å². The van der Waals surface area contributed by atoms with Crippen LogP contribution in [0.2, 0.25) is 0 Å². The second-order valence-electron chi connectivity index (χ2n) is 14.5. The van der Waals surface area contributed by atoms with Gasteiger partial charge in [0.05, 0.1) is 11.1 Å². The lowest BCUT2D eigenvalue weighted by molar-refractivity contribution is 0.105. The molecule has 0 unspecified atom stereocenters. The minimum atomic E-state index is -0.441. The van der Waals surface area contributed by atoms with E-state index in [-0.39, 0.29) is 5.75 Å². The summed E-state index contributed by atoms with van der Waals surface area (Å²) in [4.78, 5) is 0. The molecule has 1 aliphatic rings. The largest absolute Gasteiger partial charge is 0.507 e. The first kappa shape index (κ1) is 35.4. The quantitative estimate of drug-likeness (QED) is 0.130. The number of rotatable bonds is 15. The summed E-state index contributed by atoms with van der Waals surface area (Å²) >= 11 is 0. The fourth-order valence-electron chi connectivity index (χ4n) is 7.00. The minimum absolute atomic E-state index is 0.271. The predicted octanol–water partition coefficient (Wildman–Crippen LogP) is 12.0. The lowest BCUT2D eigenvalue weighted by Gasteiger charge is -2.36. The van der Waals surface area contributed by atoms with Gasteiger partial charge in [-0.1, -0.05) is 101 Å². The van der Waals surface area contributed by atoms with Gasteiger partial charge in [0.1, 0.15) is 41.8 Å². The molecule has 0 amide bonds. The number of fused-ring (bicyclic) bond motifs is 3. The van der Waals surface area contributed by atoms with Crippen LogP contribution in [0.4, 0.5) is 0 Å². The summed E-state index contributed by atoms with van der Waals surface area (Å²) in [6.45, 7) is 18.1. The van der Waals surface area contributed by atoms with E-state index >= 15 is 0 Å². The maximum Gasteiger partial charge on any atom is 0.132 e. The molecule has 0 aliphatic carbocycles. The van der Waals surface area contributed by atoms with Gasteiger partial charge in [0.2, 0.25) is 0 Å². The molecule has 0 bridgehead atoms. The number of benzene rings is 4. The SMILES string of the molecule is CCCCCc1cc(O)c(-c2cc(C)ccc2C(C)C)c(OCCOc2cc(CCCCC)cc3c2-c2cc(C)ccc2C(C)(C)O3)c1. The van der Waals surface area contributed by atoms with Crippen molar-refractivity contribution in [3.63, 3.8) is 0 Å². The van der Waals surface area contributed by atoms with Crippen molar-refractivity contribution >= 4 is 0 Å². The Morgan fingerprint density at radius 3 is 1.85 bits per heavy atom. The maximum atomic E-state index is 11.5. The van der Waals surface area contributed by atoms with Crippen molar-refractivity contribution in [2.45, 2.75) is 118 Å². The Bertz CT molecular complexity index is 1680. The molecule has 48 heavy (non-hydrogen) atoms. The van der Waals surface area contributed by atoms with Gasteiger partial charge >= 0.3 is 0 Å². The first-order valence-electron chi connectivity index (χ1n) is 18.2. The molecule has 4 nitrogen and oxygen atoms in total. The summed E-state index contributed by atoms with van der Waals surface area (Å²) < 4.78 is 19.9. The number of phenols is 1. The van der Waals surface area contributed by atoms with Crippen LogP contribution < -0.4 is 14.2 Å². The summed E-state index contributed by atoms with van der Waals surface area (Å²) in [5.41, 5.74) is 10.6. The van der Waals surface area contributed by atoms with E-state index in [4.69, 9.17) is 14.2 Å². The Morgan fingerprint density at radius 2 is 1.25 bits per heavy atom. The first-order chi connectivity index (χ1) is 23.0. The molecule has 4 aromatic carbocycles. The first-order valence-corrected chi connectivity index (χ1v) is 18.2. The normalized spacial score (nSPS) is 13.2. The second-order valence-corrected chi connectivity index (χ2v) is 14.5. The molecule has 1 heterocycles. The average Bonchev–Trinajstić information content (AvgIpc) is 3.02. The average molecular weight is 649 g/mol. The van der Waals surface area contributed by atoms with E-state index in [2.05, 4.69) is 110 Å². The highest BCUT2D eigenvalue weighted by molar-refractivity contribution is 5.83. The fraction of sp³-hybridized carbons (Fsp3) is 0.455. The zero-order chi connectivity index (χ0) is 34.4. The third-order valence-electron chi connectivity index (χ3n) is 9.56. The van der Waals surface area contributed by atoms with Crippen LogP contribution in [0.25, 0.3) is 22.3 Å². The predicted molar refractivity (Wildman–Crippen MR) is 200 cm³/mol. The molecule has 4 heteroatoms. The van der Waals surface area contributed by atoms with E-state index in [1.54, 1.807) is 0 Å². The molecule has 0 saturated heterocycles. The van der Waals surface area contributed by atoms with Gasteiger partial charge in [-0.15, -0.1) is 0 Å². The van der Waals surface area contributed by atoms with Crippen molar-refractivity contribution in [3.8, 4) is 45.3 Å². The van der Waals surface area contributed by atoms with Crippen LogP contribution in [0.5, 0.6) is 23.0 Å². The molecule has 0 atom stereocenters. The molecule has 0 radical (unpaired) electrons. The number of hydrogen-bond acceptors (Lipinski definition) is 4. The van der Waals surface area contributed by atoms with Crippen molar-refractivity contribution in [1.82, 2.24) is 0 Å². The van der Waals surface area contributed by atoms with Gasteiger partial charge in [-0.05, 0) is 111 Å². The third kappa shape index (κ3) is 8.02. The van der Waals surface area contributed by atoms with Gasteiger partial charge in [0.15, 0.2) is 0 Å². The Hall–Kier alpha value is -3.92. The topological polar surface area (TPSA) is 47.9 Å². The Labute approximate surface area is 289 Å².